The number of rotatable bonds is 8. The Morgan fingerprint density at radius 2 is 1.39 bits per heavy atom. The largest absolute Gasteiger partial charge is 0.481 e. The predicted octanol–water partition coefficient (Wildman–Crippen LogP) is 9.65. The minimum absolute atomic E-state index is 0.0129. The average molecular weight is 579 g/mol. The standard InChI is InChI=1S/C27H21ClN2O5.3C2H6/c28-23-5-2-1-4-21(23)17-34-27(33)30-24-6-3-15-29-26(24)35-22-13-11-20(12-14-22)19-9-7-18(8-10-19)16-25(31)32;3*1-2/h1-15H,16-17H2,(H,30,33)(H,31,32);3*1-2H3. The molecule has 41 heavy (non-hydrogen) atoms. The van der Waals surface area contributed by atoms with Crippen molar-refractivity contribution in [1.82, 2.24) is 4.98 Å². The van der Waals surface area contributed by atoms with Crippen LogP contribution < -0.4 is 10.1 Å². The third kappa shape index (κ3) is 11.7. The van der Waals surface area contributed by atoms with E-state index in [-0.39, 0.29) is 18.9 Å². The summed E-state index contributed by atoms with van der Waals surface area (Å²) < 4.78 is 11.1. The molecule has 4 rings (SSSR count). The van der Waals surface area contributed by atoms with Gasteiger partial charge in [-0.25, -0.2) is 9.78 Å². The van der Waals surface area contributed by atoms with Gasteiger partial charge in [-0.1, -0.05) is 108 Å². The molecular weight excluding hydrogens is 540 g/mol. The molecule has 0 saturated heterocycles. The zero-order chi connectivity index (χ0) is 30.6. The van der Waals surface area contributed by atoms with E-state index in [0.29, 0.717) is 22.0 Å². The van der Waals surface area contributed by atoms with Crippen molar-refractivity contribution in [3.8, 4) is 22.8 Å². The minimum atomic E-state index is -0.864. The van der Waals surface area contributed by atoms with E-state index < -0.39 is 12.1 Å². The topological polar surface area (TPSA) is 97.8 Å². The lowest BCUT2D eigenvalue weighted by molar-refractivity contribution is -0.136. The monoisotopic (exact) mass is 578 g/mol. The number of benzene rings is 3. The molecule has 0 spiro atoms. The number of halogens is 1. The molecule has 4 aromatic rings. The van der Waals surface area contributed by atoms with Crippen LogP contribution in [0.25, 0.3) is 11.1 Å². The van der Waals surface area contributed by atoms with Gasteiger partial charge in [-0.15, -0.1) is 0 Å². The van der Waals surface area contributed by atoms with Crippen LogP contribution in [-0.2, 0) is 22.6 Å². The maximum absolute atomic E-state index is 12.3. The summed E-state index contributed by atoms with van der Waals surface area (Å²) in [5, 5.41) is 12.1. The smallest absolute Gasteiger partial charge is 0.412 e. The van der Waals surface area contributed by atoms with Gasteiger partial charge in [0, 0.05) is 16.8 Å². The number of carbonyl (C=O) groups excluding carboxylic acids is 1. The summed E-state index contributed by atoms with van der Waals surface area (Å²) in [6, 6.07) is 25.1. The van der Waals surface area contributed by atoms with Crippen LogP contribution in [0.3, 0.4) is 0 Å². The van der Waals surface area contributed by atoms with Crippen molar-refractivity contribution in [3.05, 3.63) is 107 Å². The summed E-state index contributed by atoms with van der Waals surface area (Å²) in [6.45, 7) is 12.0. The van der Waals surface area contributed by atoms with E-state index in [4.69, 9.17) is 26.2 Å². The third-order valence-electron chi connectivity index (χ3n) is 5.04. The molecule has 0 radical (unpaired) electrons. The van der Waals surface area contributed by atoms with Crippen molar-refractivity contribution in [1.29, 1.82) is 0 Å². The Kier molecular flexibility index (Phi) is 16.6. The average Bonchev–Trinajstić information content (AvgIpc) is 3.01. The number of carbonyl (C=O) groups is 2. The number of aliphatic carboxylic acids is 1. The first-order chi connectivity index (χ1) is 20.0. The van der Waals surface area contributed by atoms with Gasteiger partial charge in [-0.3, -0.25) is 10.1 Å². The van der Waals surface area contributed by atoms with Crippen molar-refractivity contribution < 1.29 is 24.2 Å². The summed E-state index contributed by atoms with van der Waals surface area (Å²) in [5.74, 6) is -0.119. The van der Waals surface area contributed by atoms with Gasteiger partial charge < -0.3 is 14.6 Å². The number of amides is 1. The molecule has 0 unspecified atom stereocenters. The summed E-state index contributed by atoms with van der Waals surface area (Å²) in [7, 11) is 0. The van der Waals surface area contributed by atoms with Crippen molar-refractivity contribution in [2.45, 2.75) is 54.6 Å². The van der Waals surface area contributed by atoms with E-state index >= 15 is 0 Å². The second-order valence-corrected chi connectivity index (χ2v) is 7.95. The predicted molar refractivity (Wildman–Crippen MR) is 167 cm³/mol. The summed E-state index contributed by atoms with van der Waals surface area (Å²) in [5.41, 5.74) is 3.69. The molecule has 0 aliphatic heterocycles. The highest BCUT2D eigenvalue weighted by molar-refractivity contribution is 6.31. The fourth-order valence-electron chi connectivity index (χ4n) is 3.29. The van der Waals surface area contributed by atoms with Crippen LogP contribution in [0.1, 0.15) is 52.7 Å². The third-order valence-corrected chi connectivity index (χ3v) is 5.40. The Morgan fingerprint density at radius 3 is 1.98 bits per heavy atom. The van der Waals surface area contributed by atoms with E-state index in [0.717, 1.165) is 16.7 Å². The van der Waals surface area contributed by atoms with E-state index in [9.17, 15) is 9.59 Å². The van der Waals surface area contributed by atoms with Gasteiger partial charge in [0.2, 0.25) is 5.88 Å². The molecule has 1 amide bonds. The van der Waals surface area contributed by atoms with E-state index in [2.05, 4.69) is 10.3 Å². The fraction of sp³-hybridized carbons (Fsp3) is 0.242. The summed E-state index contributed by atoms with van der Waals surface area (Å²) in [6.07, 6.45) is 0.883. The van der Waals surface area contributed by atoms with Gasteiger partial charge >= 0.3 is 12.1 Å². The van der Waals surface area contributed by atoms with Crippen LogP contribution in [0, 0.1) is 0 Å². The number of carboxylic acid groups (broad SMARTS) is 1. The van der Waals surface area contributed by atoms with E-state index in [1.807, 2.05) is 71.9 Å². The zero-order valence-corrected chi connectivity index (χ0v) is 25.2. The Morgan fingerprint density at radius 1 is 0.805 bits per heavy atom. The number of pyridine rings is 1. The van der Waals surface area contributed by atoms with Crippen molar-refractivity contribution in [3.63, 3.8) is 0 Å². The molecule has 7 nitrogen and oxygen atoms in total. The molecular formula is C33H39ClN2O5. The molecule has 2 N–H and O–H groups in total. The lowest BCUT2D eigenvalue weighted by atomic mass is 10.0. The second kappa shape index (κ2) is 19.7. The minimum Gasteiger partial charge on any atom is -0.481 e. The number of anilines is 1. The molecule has 0 atom stereocenters. The number of hydrogen-bond donors (Lipinski definition) is 2. The Bertz CT molecular complexity index is 1330. The van der Waals surface area contributed by atoms with Gasteiger partial charge in [-0.2, -0.15) is 0 Å². The first-order valence-electron chi connectivity index (χ1n) is 13.7. The van der Waals surface area contributed by atoms with Crippen LogP contribution in [-0.4, -0.2) is 22.2 Å². The molecule has 0 aliphatic rings. The molecule has 218 valence electrons. The molecule has 0 bridgehead atoms. The maximum atomic E-state index is 12.3. The highest BCUT2D eigenvalue weighted by Gasteiger charge is 2.12. The number of hydrogen-bond acceptors (Lipinski definition) is 5. The number of aromatic nitrogens is 1. The van der Waals surface area contributed by atoms with Gasteiger partial charge in [0.15, 0.2) is 0 Å². The molecule has 1 aromatic heterocycles. The van der Waals surface area contributed by atoms with E-state index in [1.54, 1.807) is 60.8 Å². The molecule has 0 saturated carbocycles. The molecule has 1 heterocycles. The molecule has 8 heteroatoms. The zero-order valence-electron chi connectivity index (χ0n) is 24.5. The van der Waals surface area contributed by atoms with Gasteiger partial charge in [0.1, 0.15) is 18.0 Å². The number of nitrogens with one attached hydrogen (secondary N) is 1. The first-order valence-corrected chi connectivity index (χ1v) is 14.1. The lowest BCUT2D eigenvalue weighted by Crippen LogP contribution is -2.14. The number of nitrogens with zero attached hydrogens (tertiary/aromatic N) is 1. The fourth-order valence-corrected chi connectivity index (χ4v) is 3.48. The summed E-state index contributed by atoms with van der Waals surface area (Å²) in [4.78, 5) is 27.3. The van der Waals surface area contributed by atoms with Gasteiger partial charge in [-0.05, 0) is 47.0 Å². The lowest BCUT2D eigenvalue weighted by Gasteiger charge is -2.12. The van der Waals surface area contributed by atoms with Gasteiger partial charge in [0.25, 0.3) is 0 Å². The molecule has 0 aliphatic carbocycles. The Labute approximate surface area is 248 Å². The quantitative estimate of drug-likeness (QED) is 0.216. The van der Waals surface area contributed by atoms with E-state index in [1.165, 1.54) is 0 Å². The van der Waals surface area contributed by atoms with Crippen LogP contribution in [0.2, 0.25) is 5.02 Å². The Balaban J connectivity index is 0.00000131. The van der Waals surface area contributed by atoms with Crippen molar-refractivity contribution in [2.24, 2.45) is 0 Å². The summed E-state index contributed by atoms with van der Waals surface area (Å²) >= 11 is 6.10. The first kappa shape index (κ1) is 34.7. The van der Waals surface area contributed by atoms with Crippen LogP contribution in [0.15, 0.2) is 91.1 Å². The Hall–Kier alpha value is -4.36. The van der Waals surface area contributed by atoms with Gasteiger partial charge in [0.05, 0.1) is 6.42 Å². The van der Waals surface area contributed by atoms with Crippen LogP contribution >= 0.6 is 11.6 Å². The molecule has 3 aromatic carbocycles. The number of ether oxygens (including phenoxy) is 2. The highest BCUT2D eigenvalue weighted by atomic mass is 35.5. The van der Waals surface area contributed by atoms with Crippen LogP contribution in [0.4, 0.5) is 10.5 Å². The van der Waals surface area contributed by atoms with Crippen LogP contribution in [0.5, 0.6) is 11.6 Å². The SMILES string of the molecule is CC.CC.CC.O=C(O)Cc1ccc(-c2ccc(Oc3ncccc3NC(=O)OCc3ccccc3Cl)cc2)cc1. The molecule has 0 fully saturated rings. The second-order valence-electron chi connectivity index (χ2n) is 7.54. The van der Waals surface area contributed by atoms with Crippen molar-refractivity contribution in [2.75, 3.05) is 5.32 Å². The highest BCUT2D eigenvalue weighted by Crippen LogP contribution is 2.29. The normalized spacial score (nSPS) is 9.34. The maximum Gasteiger partial charge on any atom is 0.412 e. The van der Waals surface area contributed by atoms with Crippen molar-refractivity contribution >= 4 is 29.4 Å². The number of carboxylic acids is 1.